The molecule has 1 aliphatic rings. The fraction of sp³-hybridized carbons (Fsp3) is 0.500. The van der Waals surface area contributed by atoms with Crippen molar-refractivity contribution in [2.24, 2.45) is 5.73 Å². The van der Waals surface area contributed by atoms with Gasteiger partial charge in [-0.05, 0) is 37.6 Å². The van der Waals surface area contributed by atoms with Crippen molar-refractivity contribution < 1.29 is 0 Å². The van der Waals surface area contributed by atoms with Gasteiger partial charge in [0.25, 0.3) is 0 Å². The van der Waals surface area contributed by atoms with Gasteiger partial charge in [0.15, 0.2) is 0 Å². The minimum atomic E-state index is 0.621. The van der Waals surface area contributed by atoms with Gasteiger partial charge in [-0.3, -0.25) is 9.88 Å². The molecule has 2 aromatic rings. The zero-order valence-corrected chi connectivity index (χ0v) is 14.4. The predicted octanol–water partition coefficient (Wildman–Crippen LogP) is 1.39. The maximum Gasteiger partial charge on any atom is 0.132 e. The van der Waals surface area contributed by atoms with Gasteiger partial charge in [-0.2, -0.15) is 0 Å². The molecule has 2 aromatic heterocycles. The maximum absolute atomic E-state index is 5.67. The SMILES string of the molecule is Cc1nc(CCN)cc(N2CCCN(Cc3ccncc3)CC2)n1. The van der Waals surface area contributed by atoms with Crippen molar-refractivity contribution in [3.05, 3.63) is 47.7 Å². The fourth-order valence-electron chi connectivity index (χ4n) is 3.15. The van der Waals surface area contributed by atoms with E-state index >= 15 is 0 Å². The van der Waals surface area contributed by atoms with Crippen molar-refractivity contribution in [2.45, 2.75) is 26.3 Å². The van der Waals surface area contributed by atoms with Gasteiger partial charge in [0.1, 0.15) is 11.6 Å². The highest BCUT2D eigenvalue weighted by Crippen LogP contribution is 2.16. The summed E-state index contributed by atoms with van der Waals surface area (Å²) in [5.74, 6) is 1.87. The van der Waals surface area contributed by atoms with E-state index in [1.807, 2.05) is 19.3 Å². The molecule has 3 heterocycles. The average molecular weight is 326 g/mol. The van der Waals surface area contributed by atoms with Gasteiger partial charge in [-0.1, -0.05) is 0 Å². The van der Waals surface area contributed by atoms with Crippen molar-refractivity contribution in [1.29, 1.82) is 0 Å². The van der Waals surface area contributed by atoms with Crippen LogP contribution in [0.25, 0.3) is 0 Å². The van der Waals surface area contributed by atoms with Crippen LogP contribution >= 0.6 is 0 Å². The number of nitrogens with two attached hydrogens (primary N) is 1. The molecule has 0 radical (unpaired) electrons. The Labute approximate surface area is 143 Å². The van der Waals surface area contributed by atoms with Crippen LogP contribution in [-0.4, -0.2) is 52.6 Å². The van der Waals surface area contributed by atoms with Crippen LogP contribution in [0.15, 0.2) is 30.6 Å². The Morgan fingerprint density at radius 1 is 1.08 bits per heavy atom. The van der Waals surface area contributed by atoms with Crippen molar-refractivity contribution in [3.63, 3.8) is 0 Å². The molecule has 6 heteroatoms. The summed E-state index contributed by atoms with van der Waals surface area (Å²) >= 11 is 0. The number of aromatic nitrogens is 3. The van der Waals surface area contributed by atoms with Crippen LogP contribution in [0.4, 0.5) is 5.82 Å². The smallest absolute Gasteiger partial charge is 0.132 e. The summed E-state index contributed by atoms with van der Waals surface area (Å²) in [5, 5.41) is 0. The first-order valence-corrected chi connectivity index (χ1v) is 8.65. The first-order chi connectivity index (χ1) is 11.7. The van der Waals surface area contributed by atoms with Crippen LogP contribution in [0, 0.1) is 6.92 Å². The second-order valence-corrected chi connectivity index (χ2v) is 6.28. The summed E-state index contributed by atoms with van der Waals surface area (Å²) in [6, 6.07) is 6.28. The summed E-state index contributed by atoms with van der Waals surface area (Å²) in [5.41, 5.74) is 8.03. The molecule has 1 aliphatic heterocycles. The van der Waals surface area contributed by atoms with E-state index in [2.05, 4.69) is 43.0 Å². The van der Waals surface area contributed by atoms with E-state index < -0.39 is 0 Å². The third-order valence-corrected chi connectivity index (χ3v) is 4.35. The van der Waals surface area contributed by atoms with Gasteiger partial charge in [0.2, 0.25) is 0 Å². The van der Waals surface area contributed by atoms with Gasteiger partial charge in [-0.25, -0.2) is 9.97 Å². The fourth-order valence-corrected chi connectivity index (χ4v) is 3.15. The summed E-state index contributed by atoms with van der Waals surface area (Å²) in [6.07, 6.45) is 5.67. The van der Waals surface area contributed by atoms with E-state index in [0.717, 1.165) is 62.9 Å². The second kappa shape index (κ2) is 8.17. The lowest BCUT2D eigenvalue weighted by Crippen LogP contribution is -2.31. The molecule has 0 aliphatic carbocycles. The quantitative estimate of drug-likeness (QED) is 0.895. The van der Waals surface area contributed by atoms with Gasteiger partial charge in [0.05, 0.1) is 0 Å². The van der Waals surface area contributed by atoms with E-state index in [4.69, 9.17) is 5.73 Å². The second-order valence-electron chi connectivity index (χ2n) is 6.28. The van der Waals surface area contributed by atoms with Gasteiger partial charge < -0.3 is 10.6 Å². The van der Waals surface area contributed by atoms with Crippen molar-refractivity contribution in [2.75, 3.05) is 37.6 Å². The number of hydrogen-bond acceptors (Lipinski definition) is 6. The molecular formula is C18H26N6. The third-order valence-electron chi connectivity index (χ3n) is 4.35. The van der Waals surface area contributed by atoms with Crippen LogP contribution in [-0.2, 0) is 13.0 Å². The summed E-state index contributed by atoms with van der Waals surface area (Å²) < 4.78 is 0. The Morgan fingerprint density at radius 3 is 2.71 bits per heavy atom. The molecule has 128 valence electrons. The van der Waals surface area contributed by atoms with Crippen LogP contribution < -0.4 is 10.6 Å². The number of aryl methyl sites for hydroxylation is 1. The lowest BCUT2D eigenvalue weighted by atomic mass is 10.2. The first-order valence-electron chi connectivity index (χ1n) is 8.65. The average Bonchev–Trinajstić information content (AvgIpc) is 2.81. The van der Waals surface area contributed by atoms with Crippen LogP contribution in [0.5, 0.6) is 0 Å². The van der Waals surface area contributed by atoms with E-state index in [-0.39, 0.29) is 0 Å². The molecule has 1 saturated heterocycles. The molecular weight excluding hydrogens is 300 g/mol. The number of pyridine rings is 1. The number of hydrogen-bond donors (Lipinski definition) is 1. The van der Waals surface area contributed by atoms with Crippen molar-refractivity contribution in [1.82, 2.24) is 19.9 Å². The molecule has 0 saturated carbocycles. The highest BCUT2D eigenvalue weighted by molar-refractivity contribution is 5.40. The predicted molar refractivity (Wildman–Crippen MR) is 95.9 cm³/mol. The largest absolute Gasteiger partial charge is 0.355 e. The van der Waals surface area contributed by atoms with E-state index in [1.54, 1.807) is 0 Å². The molecule has 0 amide bonds. The number of nitrogens with zero attached hydrogens (tertiary/aromatic N) is 5. The Hall–Kier alpha value is -2.05. The molecule has 0 atom stereocenters. The highest BCUT2D eigenvalue weighted by Gasteiger charge is 2.17. The van der Waals surface area contributed by atoms with Gasteiger partial charge in [-0.15, -0.1) is 0 Å². The molecule has 0 aromatic carbocycles. The standard InChI is InChI=1S/C18H26N6/c1-15-21-17(3-6-19)13-18(22-15)24-10-2-9-23(11-12-24)14-16-4-7-20-8-5-16/h4-5,7-8,13H,2-3,6,9-12,14,19H2,1H3. The molecule has 2 N–H and O–H groups in total. The summed E-state index contributed by atoms with van der Waals surface area (Å²) in [7, 11) is 0. The van der Waals surface area contributed by atoms with Crippen LogP contribution in [0.1, 0.15) is 23.5 Å². The van der Waals surface area contributed by atoms with E-state index in [1.165, 1.54) is 5.56 Å². The van der Waals surface area contributed by atoms with Gasteiger partial charge >= 0.3 is 0 Å². The molecule has 0 unspecified atom stereocenters. The highest BCUT2D eigenvalue weighted by atomic mass is 15.2. The maximum atomic E-state index is 5.67. The van der Waals surface area contributed by atoms with Crippen molar-refractivity contribution in [3.8, 4) is 0 Å². The van der Waals surface area contributed by atoms with Crippen LogP contribution in [0.3, 0.4) is 0 Å². The topological polar surface area (TPSA) is 71.2 Å². The molecule has 1 fully saturated rings. The normalized spacial score (nSPS) is 16.2. The Kier molecular flexibility index (Phi) is 5.72. The zero-order valence-electron chi connectivity index (χ0n) is 14.4. The Bertz CT molecular complexity index is 645. The summed E-state index contributed by atoms with van der Waals surface area (Å²) in [6.45, 7) is 7.73. The number of anilines is 1. The number of rotatable bonds is 5. The third kappa shape index (κ3) is 4.49. The van der Waals surface area contributed by atoms with E-state index in [9.17, 15) is 0 Å². The zero-order chi connectivity index (χ0) is 16.8. The van der Waals surface area contributed by atoms with Crippen molar-refractivity contribution >= 4 is 5.82 Å². The molecule has 0 bridgehead atoms. The molecule has 3 rings (SSSR count). The lowest BCUT2D eigenvalue weighted by Gasteiger charge is -2.23. The minimum Gasteiger partial charge on any atom is -0.355 e. The summed E-state index contributed by atoms with van der Waals surface area (Å²) in [4.78, 5) is 18.1. The minimum absolute atomic E-state index is 0.621. The lowest BCUT2D eigenvalue weighted by molar-refractivity contribution is 0.285. The van der Waals surface area contributed by atoms with Gasteiger partial charge in [0, 0.05) is 63.3 Å². The molecule has 24 heavy (non-hydrogen) atoms. The molecule has 6 nitrogen and oxygen atoms in total. The first kappa shape index (κ1) is 16.8. The van der Waals surface area contributed by atoms with Crippen LogP contribution in [0.2, 0.25) is 0 Å². The Balaban J connectivity index is 1.65. The van der Waals surface area contributed by atoms with E-state index in [0.29, 0.717) is 6.54 Å². The molecule has 0 spiro atoms. The Morgan fingerprint density at radius 2 is 1.92 bits per heavy atom. The monoisotopic (exact) mass is 326 g/mol.